The number of nitrogen functional groups attached to an aromatic ring is 1. The number of benzene rings is 1. The van der Waals surface area contributed by atoms with Crippen LogP contribution in [0.4, 0.5) is 5.69 Å². The van der Waals surface area contributed by atoms with Crippen LogP contribution in [0.2, 0.25) is 0 Å². The molecule has 1 rings (SSSR count). The number of hydrogen-bond acceptors (Lipinski definition) is 5. The summed E-state index contributed by atoms with van der Waals surface area (Å²) in [5, 5.41) is 2.50. The Morgan fingerprint density at radius 3 is 2.65 bits per heavy atom. The van der Waals surface area contributed by atoms with Crippen molar-refractivity contribution in [2.75, 3.05) is 18.6 Å². The van der Waals surface area contributed by atoms with Gasteiger partial charge in [-0.15, -0.1) is 0 Å². The quantitative estimate of drug-likeness (QED) is 0.414. The lowest BCUT2D eigenvalue weighted by molar-refractivity contribution is -0.142. The van der Waals surface area contributed by atoms with Crippen molar-refractivity contribution in [2.45, 2.75) is 6.04 Å². The highest BCUT2D eigenvalue weighted by atomic mass is 32.1. The number of nitrogens with two attached hydrogens (primary N) is 1. The number of amides is 1. The molecule has 17 heavy (non-hydrogen) atoms. The second-order valence-corrected chi connectivity index (χ2v) is 3.68. The van der Waals surface area contributed by atoms with Crippen molar-refractivity contribution in [3.05, 3.63) is 29.8 Å². The molecule has 0 unspecified atom stereocenters. The fourth-order valence-electron chi connectivity index (χ4n) is 1.26. The molecule has 0 saturated heterocycles. The first-order chi connectivity index (χ1) is 8.10. The normalized spacial score (nSPS) is 11.6. The van der Waals surface area contributed by atoms with E-state index in [1.165, 1.54) is 7.11 Å². The minimum absolute atomic E-state index is 0.158. The Bertz CT molecular complexity index is 423. The molecule has 5 nitrogen and oxygen atoms in total. The van der Waals surface area contributed by atoms with E-state index in [9.17, 15) is 9.59 Å². The number of methoxy groups -OCH3 is 1. The number of carbonyl (C=O) groups excluding carboxylic acids is 2. The molecule has 0 saturated carbocycles. The average molecular weight is 254 g/mol. The number of rotatable bonds is 4. The molecule has 6 heteroatoms. The van der Waals surface area contributed by atoms with E-state index in [0.29, 0.717) is 11.3 Å². The summed E-state index contributed by atoms with van der Waals surface area (Å²) >= 11 is 3.98. The van der Waals surface area contributed by atoms with Crippen LogP contribution < -0.4 is 11.1 Å². The van der Waals surface area contributed by atoms with E-state index in [1.807, 2.05) is 0 Å². The molecule has 0 bridgehead atoms. The van der Waals surface area contributed by atoms with Crippen LogP contribution in [0.3, 0.4) is 0 Å². The third-order valence-corrected chi connectivity index (χ3v) is 2.54. The molecule has 0 heterocycles. The molecule has 0 aliphatic carbocycles. The van der Waals surface area contributed by atoms with Gasteiger partial charge < -0.3 is 15.8 Å². The number of ether oxygens (including phenoxy) is 1. The zero-order valence-electron chi connectivity index (χ0n) is 9.34. The van der Waals surface area contributed by atoms with Gasteiger partial charge in [-0.05, 0) is 12.1 Å². The summed E-state index contributed by atoms with van der Waals surface area (Å²) in [6, 6.07) is 5.83. The van der Waals surface area contributed by atoms with Gasteiger partial charge in [0.05, 0.1) is 12.7 Å². The Kier molecular flexibility index (Phi) is 4.84. The molecule has 1 atom stereocenters. The molecular formula is C11H14N2O3S. The summed E-state index contributed by atoms with van der Waals surface area (Å²) in [7, 11) is 1.25. The van der Waals surface area contributed by atoms with Crippen LogP contribution in [0.1, 0.15) is 10.4 Å². The second-order valence-electron chi connectivity index (χ2n) is 3.32. The van der Waals surface area contributed by atoms with E-state index in [2.05, 4.69) is 22.7 Å². The van der Waals surface area contributed by atoms with Gasteiger partial charge in [-0.1, -0.05) is 12.1 Å². The molecule has 0 aliphatic rings. The number of carbonyl (C=O) groups is 2. The van der Waals surface area contributed by atoms with Gasteiger partial charge in [0.15, 0.2) is 0 Å². The molecule has 0 fully saturated rings. The number of para-hydroxylation sites is 1. The number of thiol groups is 1. The van der Waals surface area contributed by atoms with E-state index < -0.39 is 17.9 Å². The van der Waals surface area contributed by atoms with Gasteiger partial charge in [-0.25, -0.2) is 4.79 Å². The van der Waals surface area contributed by atoms with Gasteiger partial charge in [-0.2, -0.15) is 12.6 Å². The highest BCUT2D eigenvalue weighted by Gasteiger charge is 2.21. The highest BCUT2D eigenvalue weighted by molar-refractivity contribution is 7.80. The van der Waals surface area contributed by atoms with Gasteiger partial charge in [0.2, 0.25) is 0 Å². The average Bonchev–Trinajstić information content (AvgIpc) is 2.35. The van der Waals surface area contributed by atoms with Crippen molar-refractivity contribution in [1.82, 2.24) is 5.32 Å². The number of nitrogens with one attached hydrogen (secondary N) is 1. The molecule has 1 aromatic rings. The summed E-state index contributed by atoms with van der Waals surface area (Å²) in [5.41, 5.74) is 6.33. The smallest absolute Gasteiger partial charge is 0.329 e. The fraction of sp³-hybridized carbons (Fsp3) is 0.273. The second kappa shape index (κ2) is 6.15. The molecule has 0 radical (unpaired) electrons. The third kappa shape index (κ3) is 3.39. The van der Waals surface area contributed by atoms with Crippen LogP contribution in [0, 0.1) is 0 Å². The zero-order valence-corrected chi connectivity index (χ0v) is 10.2. The molecule has 0 aliphatic heterocycles. The van der Waals surface area contributed by atoms with Gasteiger partial charge in [0.1, 0.15) is 6.04 Å². The molecule has 0 spiro atoms. The van der Waals surface area contributed by atoms with E-state index in [-0.39, 0.29) is 5.75 Å². The predicted molar refractivity (Wildman–Crippen MR) is 68.0 cm³/mol. The van der Waals surface area contributed by atoms with Gasteiger partial charge in [0, 0.05) is 11.4 Å². The lowest BCUT2D eigenvalue weighted by atomic mass is 10.1. The largest absolute Gasteiger partial charge is 0.467 e. The maximum Gasteiger partial charge on any atom is 0.329 e. The number of hydrogen-bond donors (Lipinski definition) is 3. The van der Waals surface area contributed by atoms with Crippen molar-refractivity contribution >= 4 is 30.2 Å². The number of esters is 1. The Labute approximate surface area is 105 Å². The monoisotopic (exact) mass is 254 g/mol. The first kappa shape index (κ1) is 13.4. The highest BCUT2D eigenvalue weighted by Crippen LogP contribution is 2.10. The van der Waals surface area contributed by atoms with Crippen LogP contribution in [-0.4, -0.2) is 30.8 Å². The molecule has 92 valence electrons. The third-order valence-electron chi connectivity index (χ3n) is 2.18. The summed E-state index contributed by atoms with van der Waals surface area (Å²) < 4.78 is 4.54. The van der Waals surface area contributed by atoms with Crippen LogP contribution in [0.15, 0.2) is 24.3 Å². The Balaban J connectivity index is 2.78. The Morgan fingerprint density at radius 2 is 2.12 bits per heavy atom. The molecule has 3 N–H and O–H groups in total. The zero-order chi connectivity index (χ0) is 12.8. The van der Waals surface area contributed by atoms with Crippen molar-refractivity contribution in [3.63, 3.8) is 0 Å². The minimum atomic E-state index is -0.782. The van der Waals surface area contributed by atoms with Gasteiger partial charge in [-0.3, -0.25) is 4.79 Å². The van der Waals surface area contributed by atoms with E-state index in [0.717, 1.165) is 0 Å². The molecular weight excluding hydrogens is 240 g/mol. The van der Waals surface area contributed by atoms with Gasteiger partial charge >= 0.3 is 5.97 Å². The van der Waals surface area contributed by atoms with Crippen LogP contribution >= 0.6 is 12.6 Å². The molecule has 1 amide bonds. The lowest BCUT2D eigenvalue weighted by Gasteiger charge is -2.14. The Morgan fingerprint density at radius 1 is 1.47 bits per heavy atom. The van der Waals surface area contributed by atoms with E-state index in [4.69, 9.17) is 5.73 Å². The summed E-state index contributed by atoms with van der Waals surface area (Å²) in [6.07, 6.45) is 0. The fourth-order valence-corrected chi connectivity index (χ4v) is 1.50. The van der Waals surface area contributed by atoms with Crippen LogP contribution in [-0.2, 0) is 9.53 Å². The topological polar surface area (TPSA) is 81.4 Å². The minimum Gasteiger partial charge on any atom is -0.467 e. The predicted octanol–water partition coefficient (Wildman–Crippen LogP) is 0.470. The van der Waals surface area contributed by atoms with E-state index >= 15 is 0 Å². The lowest BCUT2D eigenvalue weighted by Crippen LogP contribution is -2.43. The van der Waals surface area contributed by atoms with Crippen LogP contribution in [0.25, 0.3) is 0 Å². The van der Waals surface area contributed by atoms with Crippen molar-refractivity contribution in [1.29, 1.82) is 0 Å². The SMILES string of the molecule is COC(=O)[C@H](CS)NC(=O)c1ccccc1N. The number of anilines is 1. The molecule has 1 aromatic carbocycles. The van der Waals surface area contributed by atoms with Gasteiger partial charge in [0.25, 0.3) is 5.91 Å². The standard InChI is InChI=1S/C11H14N2O3S/c1-16-11(15)9(6-17)13-10(14)7-4-2-3-5-8(7)12/h2-5,9,17H,6,12H2,1H3,(H,13,14)/t9-/m0/s1. The summed E-state index contributed by atoms with van der Waals surface area (Å²) in [5.74, 6) is -0.805. The first-order valence-corrected chi connectivity index (χ1v) is 5.57. The molecule has 0 aromatic heterocycles. The van der Waals surface area contributed by atoms with Crippen molar-refractivity contribution in [2.24, 2.45) is 0 Å². The Hall–Kier alpha value is -1.69. The van der Waals surface area contributed by atoms with E-state index in [1.54, 1.807) is 24.3 Å². The maximum absolute atomic E-state index is 11.8. The maximum atomic E-state index is 11.8. The van der Waals surface area contributed by atoms with Crippen LogP contribution in [0.5, 0.6) is 0 Å². The first-order valence-electron chi connectivity index (χ1n) is 4.94. The summed E-state index contributed by atoms with van der Waals surface area (Å²) in [6.45, 7) is 0. The van der Waals surface area contributed by atoms with Crippen molar-refractivity contribution < 1.29 is 14.3 Å². The summed E-state index contributed by atoms with van der Waals surface area (Å²) in [4.78, 5) is 23.1. The van der Waals surface area contributed by atoms with Crippen molar-refractivity contribution in [3.8, 4) is 0 Å².